The van der Waals surface area contributed by atoms with Crippen molar-refractivity contribution in [2.45, 2.75) is 69.1 Å². The van der Waals surface area contributed by atoms with Gasteiger partial charge in [0.2, 0.25) is 11.8 Å². The van der Waals surface area contributed by atoms with E-state index in [4.69, 9.17) is 11.5 Å². The molecule has 5 rings (SSSR count). The number of benzene rings is 4. The first-order valence-corrected chi connectivity index (χ1v) is 18.7. The van der Waals surface area contributed by atoms with Gasteiger partial charge in [-0.3, -0.25) is 9.59 Å². The quantitative estimate of drug-likeness (QED) is 0.0864. The Balaban J connectivity index is 1.01. The van der Waals surface area contributed by atoms with Crippen molar-refractivity contribution in [1.82, 2.24) is 10.2 Å². The Labute approximate surface area is 299 Å². The first kappa shape index (κ1) is 37.0. The fourth-order valence-corrected chi connectivity index (χ4v) is 8.53. The summed E-state index contributed by atoms with van der Waals surface area (Å²) in [6, 6.07) is 40.2. The topological polar surface area (TPSA) is 101 Å². The van der Waals surface area contributed by atoms with Gasteiger partial charge in [0, 0.05) is 6.54 Å². The number of carbonyl (C=O) groups excluding carboxylic acids is 2. The average molecular weight is 673 g/mol. The SMILES string of the molecule is CC(CCNCCCCCCCCN1CCC(C(C(N)=O)(c2ccccc2)c2ccccc2)C1)C(C(N)=O)(c1ccccc1)c1ccccc1. The molecule has 0 bridgehead atoms. The van der Waals surface area contributed by atoms with Crippen LogP contribution in [0.3, 0.4) is 0 Å². The minimum absolute atomic E-state index is 0.0343. The van der Waals surface area contributed by atoms with Crippen molar-refractivity contribution in [2.75, 3.05) is 32.7 Å². The van der Waals surface area contributed by atoms with Crippen LogP contribution in [0.5, 0.6) is 0 Å². The van der Waals surface area contributed by atoms with Crippen LogP contribution in [0.15, 0.2) is 121 Å². The Morgan fingerprint density at radius 1 is 0.660 bits per heavy atom. The number of rotatable bonds is 20. The molecule has 2 atom stereocenters. The molecule has 264 valence electrons. The molecule has 50 heavy (non-hydrogen) atoms. The van der Waals surface area contributed by atoms with E-state index in [1.165, 1.54) is 32.1 Å². The van der Waals surface area contributed by atoms with Crippen LogP contribution in [0, 0.1) is 11.8 Å². The third-order valence-corrected chi connectivity index (χ3v) is 11.1. The highest BCUT2D eigenvalue weighted by molar-refractivity contribution is 5.92. The molecule has 6 nitrogen and oxygen atoms in total. The normalized spacial score (nSPS) is 15.9. The number of hydrogen-bond acceptors (Lipinski definition) is 4. The van der Waals surface area contributed by atoms with Crippen LogP contribution in [0.25, 0.3) is 0 Å². The maximum Gasteiger partial charge on any atom is 0.232 e. The van der Waals surface area contributed by atoms with E-state index in [2.05, 4.69) is 41.4 Å². The van der Waals surface area contributed by atoms with Crippen LogP contribution in [0.4, 0.5) is 0 Å². The van der Waals surface area contributed by atoms with Gasteiger partial charge in [0.1, 0.15) is 10.8 Å². The van der Waals surface area contributed by atoms with Crippen molar-refractivity contribution in [3.63, 3.8) is 0 Å². The second kappa shape index (κ2) is 18.1. The third-order valence-electron chi connectivity index (χ3n) is 11.1. The van der Waals surface area contributed by atoms with Crippen LogP contribution < -0.4 is 16.8 Å². The largest absolute Gasteiger partial charge is 0.369 e. The van der Waals surface area contributed by atoms with E-state index in [1.807, 2.05) is 97.1 Å². The Bertz CT molecular complexity index is 1520. The lowest BCUT2D eigenvalue weighted by Crippen LogP contribution is -2.49. The second-order valence-corrected chi connectivity index (χ2v) is 14.2. The van der Waals surface area contributed by atoms with E-state index in [0.29, 0.717) is 0 Å². The molecule has 4 aromatic rings. The van der Waals surface area contributed by atoms with Crippen molar-refractivity contribution < 1.29 is 9.59 Å². The minimum Gasteiger partial charge on any atom is -0.369 e. The number of amides is 2. The summed E-state index contributed by atoms with van der Waals surface area (Å²) in [5, 5.41) is 3.63. The molecule has 1 aliphatic rings. The van der Waals surface area contributed by atoms with Gasteiger partial charge in [0.25, 0.3) is 0 Å². The molecule has 0 saturated carbocycles. The van der Waals surface area contributed by atoms with Gasteiger partial charge in [0.15, 0.2) is 0 Å². The summed E-state index contributed by atoms with van der Waals surface area (Å²) >= 11 is 0. The minimum atomic E-state index is -0.866. The Kier molecular flexibility index (Phi) is 13.4. The second-order valence-electron chi connectivity index (χ2n) is 14.2. The van der Waals surface area contributed by atoms with E-state index in [9.17, 15) is 9.59 Å². The summed E-state index contributed by atoms with van der Waals surface area (Å²) in [6.07, 6.45) is 9.04. The molecular formula is C44H56N4O2. The van der Waals surface area contributed by atoms with Crippen molar-refractivity contribution in [1.29, 1.82) is 0 Å². The number of primary amides is 2. The van der Waals surface area contributed by atoms with E-state index < -0.39 is 10.8 Å². The summed E-state index contributed by atoms with van der Waals surface area (Å²) < 4.78 is 0. The summed E-state index contributed by atoms with van der Waals surface area (Å²) in [5.41, 5.74) is 14.7. The van der Waals surface area contributed by atoms with Crippen LogP contribution in [-0.2, 0) is 20.4 Å². The number of nitrogens with two attached hydrogens (primary N) is 2. The summed E-state index contributed by atoms with van der Waals surface area (Å²) in [4.78, 5) is 29.1. The fourth-order valence-electron chi connectivity index (χ4n) is 8.53. The number of unbranched alkanes of at least 4 members (excludes halogenated alkanes) is 5. The summed E-state index contributed by atoms with van der Waals surface area (Å²) in [6.45, 7) is 6.92. The van der Waals surface area contributed by atoms with Crippen LogP contribution in [0.2, 0.25) is 0 Å². The van der Waals surface area contributed by atoms with E-state index in [-0.39, 0.29) is 23.7 Å². The molecule has 0 radical (unpaired) electrons. The van der Waals surface area contributed by atoms with Crippen molar-refractivity contribution in [2.24, 2.45) is 23.3 Å². The van der Waals surface area contributed by atoms with Gasteiger partial charge >= 0.3 is 0 Å². The Morgan fingerprint density at radius 2 is 1.12 bits per heavy atom. The number of hydrogen-bond donors (Lipinski definition) is 3. The molecule has 0 aromatic heterocycles. The number of nitrogens with zero attached hydrogens (tertiary/aromatic N) is 1. The van der Waals surface area contributed by atoms with Crippen LogP contribution in [-0.4, -0.2) is 49.4 Å². The highest BCUT2D eigenvalue weighted by Crippen LogP contribution is 2.44. The smallest absolute Gasteiger partial charge is 0.232 e. The lowest BCUT2D eigenvalue weighted by molar-refractivity contribution is -0.124. The zero-order valence-corrected chi connectivity index (χ0v) is 29.8. The molecule has 5 N–H and O–H groups in total. The first-order valence-electron chi connectivity index (χ1n) is 18.7. The van der Waals surface area contributed by atoms with Crippen molar-refractivity contribution in [3.8, 4) is 0 Å². The van der Waals surface area contributed by atoms with Gasteiger partial charge < -0.3 is 21.7 Å². The van der Waals surface area contributed by atoms with Crippen molar-refractivity contribution in [3.05, 3.63) is 144 Å². The molecule has 1 fully saturated rings. The van der Waals surface area contributed by atoms with Gasteiger partial charge in [-0.1, -0.05) is 154 Å². The lowest BCUT2D eigenvalue weighted by atomic mass is 9.64. The molecule has 1 saturated heterocycles. The number of carbonyl (C=O) groups is 2. The van der Waals surface area contributed by atoms with Gasteiger partial charge in [-0.25, -0.2) is 0 Å². The maximum absolute atomic E-state index is 13.3. The Morgan fingerprint density at radius 3 is 1.60 bits per heavy atom. The zero-order chi connectivity index (χ0) is 35.2. The number of nitrogens with one attached hydrogen (secondary N) is 1. The van der Waals surface area contributed by atoms with Crippen LogP contribution in [0.1, 0.15) is 80.5 Å². The fraction of sp³-hybridized carbons (Fsp3) is 0.409. The number of likely N-dealkylation sites (tertiary alicyclic amines) is 1. The van der Waals surface area contributed by atoms with Gasteiger partial charge in [-0.2, -0.15) is 0 Å². The molecule has 0 aliphatic carbocycles. The zero-order valence-electron chi connectivity index (χ0n) is 29.8. The Hall–Kier alpha value is -4.26. The monoisotopic (exact) mass is 672 g/mol. The van der Waals surface area contributed by atoms with E-state index in [1.54, 1.807) is 0 Å². The predicted octanol–water partition coefficient (Wildman–Crippen LogP) is 7.21. The molecular weight excluding hydrogens is 617 g/mol. The highest BCUT2D eigenvalue weighted by Gasteiger charge is 2.49. The lowest BCUT2D eigenvalue weighted by Gasteiger charge is -2.37. The third kappa shape index (κ3) is 8.20. The summed E-state index contributed by atoms with van der Waals surface area (Å²) in [7, 11) is 0. The van der Waals surface area contributed by atoms with Crippen LogP contribution >= 0.6 is 0 Å². The molecule has 4 aromatic carbocycles. The first-order chi connectivity index (χ1) is 24.4. The highest BCUT2D eigenvalue weighted by atomic mass is 16.2. The molecule has 2 unspecified atom stereocenters. The molecule has 6 heteroatoms. The van der Waals surface area contributed by atoms with Crippen molar-refractivity contribution >= 4 is 11.8 Å². The maximum atomic E-state index is 13.3. The van der Waals surface area contributed by atoms with Gasteiger partial charge in [-0.05, 0) is 86.0 Å². The standard InChI is InChI=1S/C44H56N4O2/c1-35(43(41(45)49,36-20-10-6-11-21-36)37-22-12-7-13-23-37)28-31-47-30-18-4-2-3-5-19-32-48-33-29-40(34-48)44(42(46)50,38-24-14-8-15-25-38)39-26-16-9-17-27-39/h6-17,20-27,35,40,47H,2-5,18-19,28-34H2,1H3,(H2,45,49)(H2,46,50). The average Bonchev–Trinajstić information content (AvgIpc) is 3.61. The van der Waals surface area contributed by atoms with Gasteiger partial charge in [0.05, 0.1) is 0 Å². The predicted molar refractivity (Wildman–Crippen MR) is 205 cm³/mol. The molecule has 2 amide bonds. The summed E-state index contributed by atoms with van der Waals surface area (Å²) in [5.74, 6) is -0.384. The van der Waals surface area contributed by atoms with E-state index >= 15 is 0 Å². The van der Waals surface area contributed by atoms with E-state index in [0.717, 1.165) is 74.2 Å². The molecule has 1 heterocycles. The molecule has 1 aliphatic heterocycles. The van der Waals surface area contributed by atoms with Gasteiger partial charge in [-0.15, -0.1) is 0 Å². The molecule has 0 spiro atoms.